The second-order valence-electron chi connectivity index (χ2n) is 3.14. The van der Waals surface area contributed by atoms with Gasteiger partial charge in [-0.3, -0.25) is 4.98 Å². The third-order valence-corrected chi connectivity index (χ3v) is 2.16. The van der Waals surface area contributed by atoms with E-state index in [0.717, 1.165) is 16.6 Å². The van der Waals surface area contributed by atoms with Gasteiger partial charge in [0.2, 0.25) is 0 Å². The lowest BCUT2D eigenvalue weighted by Crippen LogP contribution is -1.87. The van der Waals surface area contributed by atoms with Gasteiger partial charge in [-0.15, -0.1) is 0 Å². The number of phenolic OH excluding ortho intramolecular Hbond substituents is 1. The Morgan fingerprint density at radius 1 is 1.21 bits per heavy atom. The molecule has 72 valence electrons. The summed E-state index contributed by atoms with van der Waals surface area (Å²) in [6, 6.07) is 7.25. The van der Waals surface area contributed by atoms with Gasteiger partial charge >= 0.3 is 0 Å². The number of phenols is 1. The fraction of sp³-hybridized carbons (Fsp3) is 0.182. The van der Waals surface area contributed by atoms with Crippen LogP contribution in [0.5, 0.6) is 11.5 Å². The summed E-state index contributed by atoms with van der Waals surface area (Å²) < 4.78 is 5.01. The highest BCUT2D eigenvalue weighted by Crippen LogP contribution is 2.33. The van der Waals surface area contributed by atoms with Gasteiger partial charge in [0.1, 0.15) is 0 Å². The number of hydrogen-bond donors (Lipinski definition) is 1. The Bertz CT molecular complexity index is 480. The minimum atomic E-state index is 0.150. The Kier molecular flexibility index (Phi) is 2.00. The Labute approximate surface area is 82.0 Å². The molecule has 1 heterocycles. The highest BCUT2D eigenvalue weighted by molar-refractivity contribution is 5.87. The zero-order chi connectivity index (χ0) is 10.1. The van der Waals surface area contributed by atoms with Gasteiger partial charge in [0.05, 0.1) is 12.6 Å². The van der Waals surface area contributed by atoms with Crippen LogP contribution in [0, 0.1) is 6.92 Å². The van der Waals surface area contributed by atoms with Crippen molar-refractivity contribution in [3.8, 4) is 11.5 Å². The summed E-state index contributed by atoms with van der Waals surface area (Å²) in [6.45, 7) is 1.92. The number of pyridine rings is 1. The molecule has 0 bridgehead atoms. The van der Waals surface area contributed by atoms with Crippen molar-refractivity contribution in [2.24, 2.45) is 0 Å². The molecule has 0 aliphatic heterocycles. The van der Waals surface area contributed by atoms with Crippen molar-refractivity contribution in [2.45, 2.75) is 6.92 Å². The van der Waals surface area contributed by atoms with Gasteiger partial charge in [0.25, 0.3) is 0 Å². The summed E-state index contributed by atoms with van der Waals surface area (Å²) in [6.07, 6.45) is 0. The van der Waals surface area contributed by atoms with Crippen LogP contribution >= 0.6 is 0 Å². The van der Waals surface area contributed by atoms with Crippen LogP contribution in [0.25, 0.3) is 10.9 Å². The van der Waals surface area contributed by atoms with Crippen LogP contribution in [0.3, 0.4) is 0 Å². The first-order valence-electron chi connectivity index (χ1n) is 4.35. The lowest BCUT2D eigenvalue weighted by molar-refractivity contribution is 0.376. The van der Waals surface area contributed by atoms with Crippen molar-refractivity contribution >= 4 is 10.9 Å². The first kappa shape index (κ1) is 8.81. The number of hydrogen-bond acceptors (Lipinski definition) is 3. The molecule has 0 atom stereocenters. The molecule has 0 unspecified atom stereocenters. The number of methoxy groups -OCH3 is 1. The van der Waals surface area contributed by atoms with E-state index in [4.69, 9.17) is 4.74 Å². The second kappa shape index (κ2) is 3.18. The van der Waals surface area contributed by atoms with Gasteiger partial charge in [0.15, 0.2) is 11.5 Å². The Hall–Kier alpha value is -1.77. The minimum absolute atomic E-state index is 0.150. The third kappa shape index (κ3) is 1.27. The standard InChI is InChI=1S/C11H11NO2/c1-7-3-4-8-9(12-7)5-6-10(14-2)11(8)13/h3-6,13H,1-2H3. The number of aromatic hydroxyl groups is 1. The summed E-state index contributed by atoms with van der Waals surface area (Å²) in [5.41, 5.74) is 1.71. The van der Waals surface area contributed by atoms with E-state index in [0.29, 0.717) is 5.75 Å². The highest BCUT2D eigenvalue weighted by Gasteiger charge is 2.06. The molecule has 0 fully saturated rings. The minimum Gasteiger partial charge on any atom is -0.504 e. The molecule has 0 saturated carbocycles. The van der Waals surface area contributed by atoms with E-state index in [1.54, 1.807) is 6.07 Å². The monoisotopic (exact) mass is 189 g/mol. The van der Waals surface area contributed by atoms with E-state index in [1.807, 2.05) is 25.1 Å². The van der Waals surface area contributed by atoms with Gasteiger partial charge < -0.3 is 9.84 Å². The van der Waals surface area contributed by atoms with Crippen LogP contribution in [0.4, 0.5) is 0 Å². The largest absolute Gasteiger partial charge is 0.504 e. The average molecular weight is 189 g/mol. The number of nitrogens with zero attached hydrogens (tertiary/aromatic N) is 1. The number of rotatable bonds is 1. The predicted molar refractivity (Wildman–Crippen MR) is 54.7 cm³/mol. The van der Waals surface area contributed by atoms with Crippen molar-refractivity contribution in [2.75, 3.05) is 7.11 Å². The maximum absolute atomic E-state index is 9.78. The summed E-state index contributed by atoms with van der Waals surface area (Å²) in [4.78, 5) is 4.30. The molecule has 2 rings (SSSR count). The smallest absolute Gasteiger partial charge is 0.167 e. The molecule has 0 aliphatic carbocycles. The molecule has 1 N–H and O–H groups in total. The number of fused-ring (bicyclic) bond motifs is 1. The molecule has 0 radical (unpaired) electrons. The lowest BCUT2D eigenvalue weighted by Gasteiger charge is -2.06. The Balaban J connectivity index is 2.77. The maximum Gasteiger partial charge on any atom is 0.167 e. The fourth-order valence-electron chi connectivity index (χ4n) is 1.44. The van der Waals surface area contributed by atoms with Crippen molar-refractivity contribution in [1.82, 2.24) is 4.98 Å². The fourth-order valence-corrected chi connectivity index (χ4v) is 1.44. The Morgan fingerprint density at radius 3 is 2.71 bits per heavy atom. The van der Waals surface area contributed by atoms with Gasteiger partial charge in [0, 0.05) is 11.1 Å². The zero-order valence-corrected chi connectivity index (χ0v) is 8.11. The van der Waals surface area contributed by atoms with Crippen molar-refractivity contribution in [3.63, 3.8) is 0 Å². The summed E-state index contributed by atoms with van der Waals surface area (Å²) >= 11 is 0. The van der Waals surface area contributed by atoms with E-state index in [-0.39, 0.29) is 5.75 Å². The molecule has 0 amide bonds. The number of benzene rings is 1. The van der Waals surface area contributed by atoms with E-state index >= 15 is 0 Å². The lowest BCUT2D eigenvalue weighted by atomic mass is 10.1. The van der Waals surface area contributed by atoms with Gasteiger partial charge in [-0.2, -0.15) is 0 Å². The quantitative estimate of drug-likeness (QED) is 0.748. The van der Waals surface area contributed by atoms with Crippen molar-refractivity contribution in [3.05, 3.63) is 30.0 Å². The molecule has 0 spiro atoms. The van der Waals surface area contributed by atoms with E-state index in [2.05, 4.69) is 4.98 Å². The van der Waals surface area contributed by atoms with E-state index in [1.165, 1.54) is 7.11 Å². The van der Waals surface area contributed by atoms with Crippen LogP contribution in [0.2, 0.25) is 0 Å². The SMILES string of the molecule is COc1ccc2nc(C)ccc2c1O. The van der Waals surface area contributed by atoms with Crippen molar-refractivity contribution < 1.29 is 9.84 Å². The molecule has 0 aliphatic rings. The molecule has 1 aromatic heterocycles. The van der Waals surface area contributed by atoms with Gasteiger partial charge in [-0.1, -0.05) is 0 Å². The van der Waals surface area contributed by atoms with Crippen LogP contribution < -0.4 is 4.74 Å². The van der Waals surface area contributed by atoms with Crippen LogP contribution in [0.1, 0.15) is 5.69 Å². The van der Waals surface area contributed by atoms with Crippen LogP contribution in [0.15, 0.2) is 24.3 Å². The molecular formula is C11H11NO2. The van der Waals surface area contributed by atoms with Gasteiger partial charge in [-0.25, -0.2) is 0 Å². The summed E-state index contributed by atoms with van der Waals surface area (Å²) in [5.74, 6) is 0.626. The Morgan fingerprint density at radius 2 is 2.00 bits per heavy atom. The number of aromatic nitrogens is 1. The van der Waals surface area contributed by atoms with E-state index in [9.17, 15) is 5.11 Å². The molecular weight excluding hydrogens is 178 g/mol. The molecule has 3 nitrogen and oxygen atoms in total. The van der Waals surface area contributed by atoms with E-state index < -0.39 is 0 Å². The normalized spacial score (nSPS) is 10.4. The third-order valence-electron chi connectivity index (χ3n) is 2.16. The summed E-state index contributed by atoms with van der Waals surface area (Å²) in [5, 5.41) is 10.5. The molecule has 14 heavy (non-hydrogen) atoms. The average Bonchev–Trinajstić information content (AvgIpc) is 2.18. The molecule has 2 aromatic rings. The molecule has 0 saturated heterocycles. The van der Waals surface area contributed by atoms with Crippen LogP contribution in [-0.2, 0) is 0 Å². The number of ether oxygens (including phenoxy) is 1. The molecule has 1 aromatic carbocycles. The van der Waals surface area contributed by atoms with Crippen molar-refractivity contribution in [1.29, 1.82) is 0 Å². The molecule has 3 heteroatoms. The van der Waals surface area contributed by atoms with Crippen LogP contribution in [-0.4, -0.2) is 17.2 Å². The second-order valence-corrected chi connectivity index (χ2v) is 3.14. The number of aryl methyl sites for hydroxylation is 1. The first-order chi connectivity index (χ1) is 6.72. The maximum atomic E-state index is 9.78. The zero-order valence-electron chi connectivity index (χ0n) is 8.11. The van der Waals surface area contributed by atoms with Gasteiger partial charge in [-0.05, 0) is 31.2 Å². The first-order valence-corrected chi connectivity index (χ1v) is 4.35. The highest BCUT2D eigenvalue weighted by atomic mass is 16.5. The predicted octanol–water partition coefficient (Wildman–Crippen LogP) is 2.26. The summed E-state index contributed by atoms with van der Waals surface area (Å²) in [7, 11) is 1.53. The topological polar surface area (TPSA) is 42.4 Å².